The van der Waals surface area contributed by atoms with Gasteiger partial charge in [0.05, 0.1) is 37.3 Å². The third-order valence-electron chi connectivity index (χ3n) is 7.25. The van der Waals surface area contributed by atoms with Crippen molar-refractivity contribution in [2.75, 3.05) is 6.61 Å². The predicted molar refractivity (Wildman–Crippen MR) is 119 cm³/mol. The van der Waals surface area contributed by atoms with Crippen LogP contribution in [0.15, 0.2) is 12.4 Å². The lowest BCUT2D eigenvalue weighted by Crippen LogP contribution is -2.51. The Morgan fingerprint density at radius 2 is 1.97 bits per heavy atom. The molecule has 1 N–H and O–H groups in total. The summed E-state index contributed by atoms with van der Waals surface area (Å²) < 4.78 is 76.5. The summed E-state index contributed by atoms with van der Waals surface area (Å²) in [6, 6.07) is -2.16. The van der Waals surface area contributed by atoms with Crippen molar-refractivity contribution in [3.63, 3.8) is 0 Å². The fourth-order valence-electron chi connectivity index (χ4n) is 5.51. The third-order valence-corrected chi connectivity index (χ3v) is 8.35. The number of likely N-dealkylation sites (tertiary alicyclic amines) is 1. The number of alkyl halides is 2. The molecule has 196 valence electrons. The lowest BCUT2D eigenvalue weighted by atomic mass is 9.86. The number of halogens is 3. The molecule has 1 amide bonds. The highest BCUT2D eigenvalue weighted by Crippen LogP contribution is 2.61. The minimum Gasteiger partial charge on any atom is -0.447 e. The molecule has 13 heteroatoms. The average Bonchev–Trinajstić information content (AvgIpc) is 3.42. The van der Waals surface area contributed by atoms with Gasteiger partial charge in [-0.05, 0) is 58.8 Å². The van der Waals surface area contributed by atoms with Gasteiger partial charge in [-0.25, -0.2) is 32.3 Å². The molecule has 1 aliphatic heterocycles. The quantitative estimate of drug-likeness (QED) is 0.561. The molecule has 0 spiro atoms. The maximum absolute atomic E-state index is 13.2. The predicted octanol–water partition coefficient (Wildman–Crippen LogP) is 2.96. The summed E-state index contributed by atoms with van der Waals surface area (Å²) in [6.45, 7) is 5.07. The van der Waals surface area contributed by atoms with E-state index >= 15 is 0 Å². The van der Waals surface area contributed by atoms with Crippen molar-refractivity contribution in [3.8, 4) is 0 Å². The molecule has 0 radical (unpaired) electrons. The van der Waals surface area contributed by atoms with E-state index in [1.165, 1.54) is 17.3 Å². The normalized spacial score (nSPS) is 32.7. The van der Waals surface area contributed by atoms with Crippen molar-refractivity contribution < 1.29 is 35.9 Å². The largest absolute Gasteiger partial charge is 0.447 e. The van der Waals surface area contributed by atoms with Crippen LogP contribution in [0.1, 0.15) is 58.7 Å². The minimum atomic E-state index is -4.86. The second-order valence-electron chi connectivity index (χ2n) is 10.0. The Labute approximate surface area is 202 Å². The Hall–Kier alpha value is -1.99. The number of carbonyl (C=O) groups excluding carboxylic acids is 1. The van der Waals surface area contributed by atoms with Crippen molar-refractivity contribution in [2.24, 2.45) is 5.92 Å². The number of nitrogens with zero attached hydrogens (tertiary/aromatic N) is 3. The molecule has 1 aromatic rings. The van der Waals surface area contributed by atoms with E-state index in [1.54, 1.807) is 20.8 Å². The molecule has 3 fully saturated rings. The summed E-state index contributed by atoms with van der Waals surface area (Å²) in [5.41, 5.74) is -0.169. The van der Waals surface area contributed by atoms with Gasteiger partial charge in [0.2, 0.25) is 0 Å². The molecule has 3 aliphatic rings. The summed E-state index contributed by atoms with van der Waals surface area (Å²) in [7, 11) is -4.86. The van der Waals surface area contributed by atoms with E-state index in [-0.39, 0.29) is 30.5 Å². The van der Waals surface area contributed by atoms with Gasteiger partial charge in [0.1, 0.15) is 5.82 Å². The zero-order valence-electron chi connectivity index (χ0n) is 19.9. The van der Waals surface area contributed by atoms with E-state index in [4.69, 9.17) is 9.47 Å². The molecule has 0 bridgehead atoms. The monoisotopic (exact) mass is 520 g/mol. The Balaban J connectivity index is 1.42. The van der Waals surface area contributed by atoms with Crippen molar-refractivity contribution in [3.05, 3.63) is 24.0 Å². The Morgan fingerprint density at radius 3 is 2.57 bits per heavy atom. The molecule has 9 nitrogen and oxygen atoms in total. The van der Waals surface area contributed by atoms with Crippen molar-refractivity contribution in [2.45, 2.75) is 94.4 Å². The smallest absolute Gasteiger partial charge is 0.410 e. The van der Waals surface area contributed by atoms with Gasteiger partial charge in [-0.2, -0.15) is 8.78 Å². The van der Waals surface area contributed by atoms with E-state index in [2.05, 4.69) is 14.7 Å². The summed E-state index contributed by atoms with van der Waals surface area (Å²) in [4.78, 5) is 22.4. The fraction of sp³-hybridized carbons (Fsp3) is 0.773. The second-order valence-corrected chi connectivity index (χ2v) is 11.7. The van der Waals surface area contributed by atoms with Crippen LogP contribution in [0.5, 0.6) is 0 Å². The van der Waals surface area contributed by atoms with Crippen LogP contribution in [0, 0.1) is 11.7 Å². The van der Waals surface area contributed by atoms with Crippen LogP contribution in [0.25, 0.3) is 0 Å². The van der Waals surface area contributed by atoms with Gasteiger partial charge in [-0.15, -0.1) is 0 Å². The van der Waals surface area contributed by atoms with E-state index in [0.717, 1.165) is 12.8 Å². The number of ether oxygens (including phenoxy) is 2. The number of fused-ring (bicyclic) bond motifs is 1. The average molecular weight is 521 g/mol. The van der Waals surface area contributed by atoms with Gasteiger partial charge in [0.25, 0.3) is 10.0 Å². The summed E-state index contributed by atoms with van der Waals surface area (Å²) in [5, 5.41) is 0. The standard InChI is InChI=1S/C22H31F3N4O5S/c1-12(2)34-21(30)29-13(3)6-17(28-35(31,32)20(24)25)18(29)11-33-16-4-5-22(8-14(22)7-16)19-26-9-15(23)10-27-19/h9-10,12-14,16-18,20,28H,4-8,11H2,1-3H3/t13-,14?,16?,17+,18+,22+/m1/s1. The minimum absolute atomic E-state index is 0.0224. The van der Waals surface area contributed by atoms with E-state index < -0.39 is 51.9 Å². The fourth-order valence-corrected chi connectivity index (χ4v) is 6.29. The first kappa shape index (κ1) is 26.1. The molecule has 1 aromatic heterocycles. The Morgan fingerprint density at radius 1 is 1.29 bits per heavy atom. The highest BCUT2D eigenvalue weighted by Gasteiger charge is 2.60. The molecule has 6 atom stereocenters. The van der Waals surface area contributed by atoms with Gasteiger partial charge < -0.3 is 9.47 Å². The molecule has 35 heavy (non-hydrogen) atoms. The van der Waals surface area contributed by atoms with Gasteiger partial charge >= 0.3 is 11.9 Å². The number of nitrogens with one attached hydrogen (secondary N) is 1. The number of carbonyl (C=O) groups is 1. The topological polar surface area (TPSA) is 111 Å². The number of hydrogen-bond acceptors (Lipinski definition) is 7. The molecule has 2 aliphatic carbocycles. The van der Waals surface area contributed by atoms with Gasteiger partial charge in [-0.1, -0.05) is 0 Å². The zero-order valence-corrected chi connectivity index (χ0v) is 20.7. The number of hydrogen-bond donors (Lipinski definition) is 1. The number of sulfonamides is 1. The van der Waals surface area contributed by atoms with E-state index in [1.807, 2.05) is 0 Å². The number of amides is 1. The van der Waals surface area contributed by atoms with Crippen LogP contribution in [-0.4, -0.2) is 72.1 Å². The summed E-state index contributed by atoms with van der Waals surface area (Å²) in [6.07, 6.45) is 4.34. The second kappa shape index (κ2) is 9.81. The van der Waals surface area contributed by atoms with E-state index in [0.29, 0.717) is 18.7 Å². The van der Waals surface area contributed by atoms with Crippen LogP contribution >= 0.6 is 0 Å². The van der Waals surface area contributed by atoms with Gasteiger partial charge in [0, 0.05) is 17.5 Å². The maximum atomic E-state index is 13.2. The van der Waals surface area contributed by atoms with Crippen molar-refractivity contribution in [1.82, 2.24) is 19.6 Å². The first-order valence-corrected chi connectivity index (χ1v) is 13.4. The van der Waals surface area contributed by atoms with E-state index in [9.17, 15) is 26.4 Å². The van der Waals surface area contributed by atoms with Crippen LogP contribution in [0.4, 0.5) is 18.0 Å². The highest BCUT2D eigenvalue weighted by atomic mass is 32.2. The SMILES string of the molecule is CC(C)OC(=O)N1[C@H](C)C[C@H](NS(=O)(=O)C(F)F)[C@@H]1COC1CC[C@]2(c3ncc(F)cn3)CC2C1. The third kappa shape index (κ3) is 5.41. The first-order chi connectivity index (χ1) is 16.4. The zero-order chi connectivity index (χ0) is 25.5. The lowest BCUT2D eigenvalue weighted by Gasteiger charge is -2.33. The Kier molecular flexibility index (Phi) is 7.31. The van der Waals surface area contributed by atoms with Crippen molar-refractivity contribution >= 4 is 16.1 Å². The molecule has 2 heterocycles. The molecule has 1 saturated heterocycles. The first-order valence-electron chi connectivity index (χ1n) is 11.8. The molecular weight excluding hydrogens is 489 g/mol. The molecule has 4 rings (SSSR count). The van der Waals surface area contributed by atoms with Gasteiger partial charge in [-0.3, -0.25) is 4.90 Å². The molecule has 2 saturated carbocycles. The van der Waals surface area contributed by atoms with Crippen LogP contribution in [-0.2, 0) is 24.9 Å². The molecule has 0 aromatic carbocycles. The molecule has 2 unspecified atom stereocenters. The van der Waals surface area contributed by atoms with Crippen molar-refractivity contribution in [1.29, 1.82) is 0 Å². The summed E-state index contributed by atoms with van der Waals surface area (Å²) >= 11 is 0. The maximum Gasteiger partial charge on any atom is 0.410 e. The number of aromatic nitrogens is 2. The van der Waals surface area contributed by atoms with Gasteiger partial charge in [0.15, 0.2) is 5.82 Å². The lowest BCUT2D eigenvalue weighted by molar-refractivity contribution is -0.0148. The van der Waals surface area contributed by atoms with Crippen LogP contribution in [0.2, 0.25) is 0 Å². The Bertz CT molecular complexity index is 1030. The number of rotatable bonds is 8. The van der Waals surface area contributed by atoms with Crippen LogP contribution in [0.3, 0.4) is 0 Å². The summed E-state index contributed by atoms with van der Waals surface area (Å²) in [5.74, 6) is -3.14. The highest BCUT2D eigenvalue weighted by molar-refractivity contribution is 7.89. The van der Waals surface area contributed by atoms with Crippen LogP contribution < -0.4 is 4.72 Å². The molecular formula is C22H31F3N4O5S.